The molecule has 0 saturated carbocycles. The van der Waals surface area contributed by atoms with Crippen molar-refractivity contribution in [2.24, 2.45) is 0 Å². The van der Waals surface area contributed by atoms with E-state index in [1.165, 1.54) is 238 Å². The van der Waals surface area contributed by atoms with Gasteiger partial charge >= 0.3 is 17.9 Å². The molecule has 6 nitrogen and oxygen atoms in total. The van der Waals surface area contributed by atoms with E-state index >= 15 is 0 Å². The van der Waals surface area contributed by atoms with Crippen LogP contribution in [0.3, 0.4) is 0 Å². The molecule has 1 atom stereocenters. The smallest absolute Gasteiger partial charge is 0.306 e. The lowest BCUT2D eigenvalue weighted by Crippen LogP contribution is -2.30. The van der Waals surface area contributed by atoms with Crippen LogP contribution in [-0.4, -0.2) is 37.2 Å². The second-order valence-corrected chi connectivity index (χ2v) is 23.8. The van der Waals surface area contributed by atoms with Crippen LogP contribution >= 0.6 is 0 Å². The van der Waals surface area contributed by atoms with Crippen molar-refractivity contribution >= 4 is 17.9 Å². The summed E-state index contributed by atoms with van der Waals surface area (Å²) in [4.78, 5) is 38.3. The van der Waals surface area contributed by atoms with E-state index in [4.69, 9.17) is 14.2 Å². The van der Waals surface area contributed by atoms with E-state index in [0.717, 1.165) is 89.9 Å². The van der Waals surface area contributed by atoms with Crippen molar-refractivity contribution in [3.05, 3.63) is 72.9 Å². The summed E-state index contributed by atoms with van der Waals surface area (Å²) < 4.78 is 16.9. The lowest BCUT2D eigenvalue weighted by molar-refractivity contribution is -0.167. The van der Waals surface area contributed by atoms with E-state index in [1.807, 2.05) is 0 Å². The molecule has 0 aliphatic rings. The van der Waals surface area contributed by atoms with Crippen molar-refractivity contribution in [3.8, 4) is 0 Å². The molecule has 0 radical (unpaired) electrons. The highest BCUT2D eigenvalue weighted by atomic mass is 16.6. The minimum Gasteiger partial charge on any atom is -0.462 e. The Hall–Kier alpha value is -3.15. The van der Waals surface area contributed by atoms with Gasteiger partial charge in [-0.1, -0.05) is 312 Å². The molecule has 1 unspecified atom stereocenters. The molecule has 0 fully saturated rings. The first-order valence-corrected chi connectivity index (χ1v) is 35.4. The SMILES string of the molecule is CC/C=C\C/C=C\C/C=C\CCCCCC(=O)OCC(COC(=O)CCCCCCCCCCCCCCCCCCCCCCC/C=C\C/C=C\CCCCCCC)OC(=O)CCCCCCCCC/C=C\CCCCCCCC. The molecule has 0 saturated heterocycles. The number of carbonyl (C=O) groups is 3. The summed E-state index contributed by atoms with van der Waals surface area (Å²) in [5, 5.41) is 0. The molecule has 81 heavy (non-hydrogen) atoms. The van der Waals surface area contributed by atoms with Gasteiger partial charge < -0.3 is 14.2 Å². The molecule has 0 bridgehead atoms. The normalized spacial score (nSPS) is 12.5. The van der Waals surface area contributed by atoms with Crippen LogP contribution in [-0.2, 0) is 28.6 Å². The zero-order chi connectivity index (χ0) is 58.5. The van der Waals surface area contributed by atoms with Crippen LogP contribution < -0.4 is 0 Å². The summed E-state index contributed by atoms with van der Waals surface area (Å²) >= 11 is 0. The summed E-state index contributed by atoms with van der Waals surface area (Å²) in [7, 11) is 0. The van der Waals surface area contributed by atoms with Crippen molar-refractivity contribution < 1.29 is 28.6 Å². The molecule has 0 aromatic rings. The summed E-state index contributed by atoms with van der Waals surface area (Å²) in [5.74, 6) is -0.900. The van der Waals surface area contributed by atoms with Gasteiger partial charge in [-0.15, -0.1) is 0 Å². The number of esters is 3. The number of carbonyl (C=O) groups excluding carboxylic acids is 3. The Labute approximate surface area is 503 Å². The van der Waals surface area contributed by atoms with Gasteiger partial charge in [0.1, 0.15) is 13.2 Å². The van der Waals surface area contributed by atoms with Crippen LogP contribution in [0.4, 0.5) is 0 Å². The lowest BCUT2D eigenvalue weighted by Gasteiger charge is -2.18. The number of hydrogen-bond acceptors (Lipinski definition) is 6. The second-order valence-electron chi connectivity index (χ2n) is 23.8. The van der Waals surface area contributed by atoms with Gasteiger partial charge in [-0.25, -0.2) is 0 Å². The van der Waals surface area contributed by atoms with Crippen LogP contribution in [0.25, 0.3) is 0 Å². The van der Waals surface area contributed by atoms with Crippen molar-refractivity contribution in [2.75, 3.05) is 13.2 Å². The minimum absolute atomic E-state index is 0.0831. The third-order valence-corrected chi connectivity index (χ3v) is 15.7. The molecule has 470 valence electrons. The number of ether oxygens (including phenoxy) is 3. The highest BCUT2D eigenvalue weighted by Crippen LogP contribution is 2.18. The van der Waals surface area contributed by atoms with Crippen LogP contribution in [0.1, 0.15) is 367 Å². The van der Waals surface area contributed by atoms with Crippen LogP contribution in [0, 0.1) is 0 Å². The largest absolute Gasteiger partial charge is 0.462 e. The van der Waals surface area contributed by atoms with Crippen molar-refractivity contribution in [1.29, 1.82) is 0 Å². The topological polar surface area (TPSA) is 78.9 Å². The van der Waals surface area contributed by atoms with Crippen molar-refractivity contribution in [2.45, 2.75) is 374 Å². The van der Waals surface area contributed by atoms with Gasteiger partial charge in [0.2, 0.25) is 0 Å². The molecule has 6 heteroatoms. The van der Waals surface area contributed by atoms with Crippen molar-refractivity contribution in [3.63, 3.8) is 0 Å². The quantitative estimate of drug-likeness (QED) is 0.0261. The first-order chi connectivity index (χ1) is 40.0. The third-order valence-electron chi connectivity index (χ3n) is 15.7. The summed E-state index contributed by atoms with van der Waals surface area (Å²) in [6.45, 7) is 6.53. The summed E-state index contributed by atoms with van der Waals surface area (Å²) in [6.07, 6.45) is 90.9. The average molecular weight is 1130 g/mol. The van der Waals surface area contributed by atoms with Crippen molar-refractivity contribution in [1.82, 2.24) is 0 Å². The molecule has 0 aliphatic heterocycles. The van der Waals surface area contributed by atoms with Crippen LogP contribution in [0.2, 0.25) is 0 Å². The fourth-order valence-electron chi connectivity index (χ4n) is 10.4. The zero-order valence-electron chi connectivity index (χ0n) is 54.1. The Bertz CT molecular complexity index is 1490. The fourth-order valence-corrected chi connectivity index (χ4v) is 10.4. The predicted octanol–water partition coefficient (Wildman–Crippen LogP) is 24.4. The van der Waals surface area contributed by atoms with E-state index in [2.05, 4.69) is 93.7 Å². The molecule has 0 aliphatic carbocycles. The van der Waals surface area contributed by atoms with Gasteiger partial charge in [-0.3, -0.25) is 14.4 Å². The van der Waals surface area contributed by atoms with E-state index in [1.54, 1.807) is 0 Å². The number of unbranched alkanes of at least 4 members (excludes halogenated alkanes) is 42. The maximum atomic E-state index is 12.9. The maximum Gasteiger partial charge on any atom is 0.306 e. The van der Waals surface area contributed by atoms with Gasteiger partial charge in [0.15, 0.2) is 6.10 Å². The summed E-state index contributed by atoms with van der Waals surface area (Å²) in [5.41, 5.74) is 0. The molecule has 0 rings (SSSR count). The molecule has 0 heterocycles. The van der Waals surface area contributed by atoms with E-state index in [9.17, 15) is 14.4 Å². The minimum atomic E-state index is -0.789. The number of rotatable bonds is 65. The molecule has 0 amide bonds. The third kappa shape index (κ3) is 67.5. The monoisotopic (exact) mass is 1130 g/mol. The van der Waals surface area contributed by atoms with Gasteiger partial charge in [-0.2, -0.15) is 0 Å². The van der Waals surface area contributed by atoms with E-state index in [-0.39, 0.29) is 31.1 Å². The molecular weight excluding hydrogens is 997 g/mol. The van der Waals surface area contributed by atoms with Crippen LogP contribution in [0.15, 0.2) is 72.9 Å². The molecule has 0 aromatic carbocycles. The average Bonchev–Trinajstić information content (AvgIpc) is 3.46. The highest BCUT2D eigenvalue weighted by Gasteiger charge is 2.19. The molecule has 0 spiro atoms. The number of hydrogen-bond donors (Lipinski definition) is 0. The standard InChI is InChI=1S/C75H134O6/c1-4-7-10-13-16-19-22-25-27-29-30-31-32-33-34-35-36-37-38-39-40-41-42-43-44-46-47-50-53-56-59-62-65-68-74(77)80-71-72(70-79-73(76)67-64-61-58-55-52-49-24-21-18-15-12-9-6-3)81-75(78)69-66-63-60-57-54-51-48-45-28-26-23-20-17-14-11-8-5-2/h9,12,18,21-22,25-26,28-30,49,52,72H,4-8,10-11,13-17,19-20,23-24,27,31-48,50-51,53-71H2,1-3H3/b12-9-,21-18-,25-22-,28-26-,30-29-,52-49-. The Balaban J connectivity index is 4.14. The first kappa shape index (κ1) is 77.9. The Morgan fingerprint density at radius 3 is 0.778 bits per heavy atom. The van der Waals surface area contributed by atoms with Gasteiger partial charge in [0.05, 0.1) is 0 Å². The van der Waals surface area contributed by atoms with E-state index in [0.29, 0.717) is 19.3 Å². The first-order valence-electron chi connectivity index (χ1n) is 35.4. The lowest BCUT2D eigenvalue weighted by atomic mass is 10.0. The fraction of sp³-hybridized carbons (Fsp3) is 0.800. The molecule has 0 N–H and O–H groups in total. The molecule has 0 aromatic heterocycles. The van der Waals surface area contributed by atoms with E-state index < -0.39 is 6.10 Å². The maximum absolute atomic E-state index is 12.9. The van der Waals surface area contributed by atoms with Gasteiger partial charge in [-0.05, 0) is 109 Å². The second kappa shape index (κ2) is 69.3. The highest BCUT2D eigenvalue weighted by molar-refractivity contribution is 5.71. The number of allylic oxidation sites excluding steroid dienone is 12. The van der Waals surface area contributed by atoms with Gasteiger partial charge in [0, 0.05) is 19.3 Å². The zero-order valence-corrected chi connectivity index (χ0v) is 54.1. The molecular formula is C75H134O6. The Kier molecular flexibility index (Phi) is 66.6. The summed E-state index contributed by atoms with van der Waals surface area (Å²) in [6, 6.07) is 0. The van der Waals surface area contributed by atoms with Crippen LogP contribution in [0.5, 0.6) is 0 Å². The Morgan fingerprint density at radius 1 is 0.259 bits per heavy atom. The Morgan fingerprint density at radius 2 is 0.481 bits per heavy atom. The predicted molar refractivity (Wildman–Crippen MR) is 353 cm³/mol. The van der Waals surface area contributed by atoms with Gasteiger partial charge in [0.25, 0.3) is 0 Å².